The molecule has 0 saturated heterocycles. The zero-order valence-electron chi connectivity index (χ0n) is 16.8. The molecule has 160 valence electrons. The first-order chi connectivity index (χ1) is 13.2. The van der Waals surface area contributed by atoms with E-state index in [9.17, 15) is 28.3 Å². The van der Waals surface area contributed by atoms with Crippen LogP contribution in [0.5, 0.6) is 0 Å². The SMILES string of the molecule is CCCCC(F)(F)C(=O)CC[C@H]1C(O)CC(=O)C1CC=CCCCC(=O)OC. The second kappa shape index (κ2) is 12.0. The van der Waals surface area contributed by atoms with Gasteiger partial charge in [-0.1, -0.05) is 25.5 Å². The first kappa shape index (κ1) is 24.4. The van der Waals surface area contributed by atoms with Gasteiger partial charge in [-0.2, -0.15) is 8.78 Å². The van der Waals surface area contributed by atoms with Gasteiger partial charge in [0.15, 0.2) is 0 Å². The molecule has 0 radical (unpaired) electrons. The number of aliphatic hydroxyl groups excluding tert-OH is 1. The Morgan fingerprint density at radius 2 is 1.96 bits per heavy atom. The third-order valence-electron chi connectivity index (χ3n) is 5.33. The molecule has 1 aliphatic rings. The normalized spacial score (nSPS) is 22.8. The van der Waals surface area contributed by atoms with Crippen molar-refractivity contribution in [3.8, 4) is 0 Å². The lowest BCUT2D eigenvalue weighted by Crippen LogP contribution is -2.30. The summed E-state index contributed by atoms with van der Waals surface area (Å²) in [5, 5.41) is 10.1. The van der Waals surface area contributed by atoms with Gasteiger partial charge in [-0.15, -0.1) is 0 Å². The second-order valence-corrected chi connectivity index (χ2v) is 7.45. The fraction of sp³-hybridized carbons (Fsp3) is 0.762. The first-order valence-electron chi connectivity index (χ1n) is 10.1. The summed E-state index contributed by atoms with van der Waals surface area (Å²) in [5.74, 6) is -5.74. The largest absolute Gasteiger partial charge is 0.469 e. The van der Waals surface area contributed by atoms with Crippen molar-refractivity contribution in [3.63, 3.8) is 0 Å². The summed E-state index contributed by atoms with van der Waals surface area (Å²) in [6.45, 7) is 1.79. The Morgan fingerprint density at radius 1 is 1.25 bits per heavy atom. The number of alkyl halides is 2. The summed E-state index contributed by atoms with van der Waals surface area (Å²) in [4.78, 5) is 35.0. The van der Waals surface area contributed by atoms with Crippen LogP contribution < -0.4 is 0 Å². The zero-order chi connectivity index (χ0) is 21.2. The minimum absolute atomic E-state index is 0.00588. The number of unbranched alkanes of at least 4 members (excludes halogenated alkanes) is 2. The highest BCUT2D eigenvalue weighted by Crippen LogP contribution is 2.36. The van der Waals surface area contributed by atoms with Gasteiger partial charge in [-0.3, -0.25) is 14.4 Å². The molecule has 1 saturated carbocycles. The molecule has 0 amide bonds. The van der Waals surface area contributed by atoms with Crippen molar-refractivity contribution < 1.29 is 33.0 Å². The summed E-state index contributed by atoms with van der Waals surface area (Å²) >= 11 is 0. The van der Waals surface area contributed by atoms with Gasteiger partial charge in [-0.25, -0.2) is 0 Å². The standard InChI is InChI=1S/C21H32F2O5/c1-3-4-13-21(22,23)19(26)12-11-16-15(17(24)14-18(16)25)9-7-5-6-8-10-20(27)28-2/h5,7,15-16,18,25H,3-4,6,8-14H2,1-2H3/t15?,16-,18?/m1/s1. The lowest BCUT2D eigenvalue weighted by atomic mass is 9.86. The Bertz CT molecular complexity index is 559. The Kier molecular flexibility index (Phi) is 10.5. The molecule has 0 heterocycles. The van der Waals surface area contributed by atoms with E-state index in [1.807, 2.05) is 12.2 Å². The van der Waals surface area contributed by atoms with E-state index in [2.05, 4.69) is 4.74 Å². The van der Waals surface area contributed by atoms with Crippen LogP contribution in [-0.2, 0) is 19.1 Å². The van der Waals surface area contributed by atoms with E-state index in [0.29, 0.717) is 32.1 Å². The maximum Gasteiger partial charge on any atom is 0.305 e. The van der Waals surface area contributed by atoms with E-state index in [1.165, 1.54) is 7.11 Å². The van der Waals surface area contributed by atoms with Crippen molar-refractivity contribution in [2.45, 2.75) is 83.2 Å². The maximum absolute atomic E-state index is 13.8. The number of carbonyl (C=O) groups is 3. The summed E-state index contributed by atoms with van der Waals surface area (Å²) in [6, 6.07) is 0. The fourth-order valence-electron chi connectivity index (χ4n) is 3.56. The number of ketones is 2. The molecular formula is C21H32F2O5. The van der Waals surface area contributed by atoms with Crippen molar-refractivity contribution >= 4 is 17.5 Å². The van der Waals surface area contributed by atoms with Crippen molar-refractivity contribution in [1.29, 1.82) is 0 Å². The Morgan fingerprint density at radius 3 is 2.61 bits per heavy atom. The van der Waals surface area contributed by atoms with Gasteiger partial charge in [0.1, 0.15) is 5.78 Å². The summed E-state index contributed by atoms with van der Waals surface area (Å²) in [6.07, 6.45) is 5.00. The van der Waals surface area contributed by atoms with E-state index in [-0.39, 0.29) is 37.4 Å². The van der Waals surface area contributed by atoms with Gasteiger partial charge in [0.2, 0.25) is 5.78 Å². The van der Waals surface area contributed by atoms with Crippen LogP contribution in [-0.4, -0.2) is 41.8 Å². The lowest BCUT2D eigenvalue weighted by Gasteiger charge is -2.21. The van der Waals surface area contributed by atoms with Crippen molar-refractivity contribution in [1.82, 2.24) is 0 Å². The van der Waals surface area contributed by atoms with Crippen LogP contribution in [0.3, 0.4) is 0 Å². The molecule has 1 N–H and O–H groups in total. The van der Waals surface area contributed by atoms with E-state index < -0.39 is 36.1 Å². The molecule has 0 aromatic heterocycles. The van der Waals surface area contributed by atoms with E-state index in [4.69, 9.17) is 0 Å². The lowest BCUT2D eigenvalue weighted by molar-refractivity contribution is -0.144. The van der Waals surface area contributed by atoms with Gasteiger partial charge >= 0.3 is 11.9 Å². The maximum atomic E-state index is 13.8. The third-order valence-corrected chi connectivity index (χ3v) is 5.33. The Hall–Kier alpha value is -1.63. The number of halogens is 2. The molecule has 1 rings (SSSR count). The molecule has 1 fully saturated rings. The Balaban J connectivity index is 2.51. The van der Waals surface area contributed by atoms with Crippen molar-refractivity contribution in [2.24, 2.45) is 11.8 Å². The highest BCUT2D eigenvalue weighted by atomic mass is 19.3. The van der Waals surface area contributed by atoms with E-state index >= 15 is 0 Å². The van der Waals surface area contributed by atoms with Crippen LogP contribution in [0.25, 0.3) is 0 Å². The number of rotatable bonds is 13. The average molecular weight is 402 g/mol. The van der Waals surface area contributed by atoms with Crippen LogP contribution in [0, 0.1) is 11.8 Å². The topological polar surface area (TPSA) is 80.7 Å². The number of allylic oxidation sites excluding steroid dienone is 2. The average Bonchev–Trinajstić information content (AvgIpc) is 2.93. The second-order valence-electron chi connectivity index (χ2n) is 7.45. The highest BCUT2D eigenvalue weighted by Gasteiger charge is 2.43. The molecule has 28 heavy (non-hydrogen) atoms. The number of carbonyl (C=O) groups excluding carboxylic acids is 3. The third kappa shape index (κ3) is 7.78. The first-order valence-corrected chi connectivity index (χ1v) is 10.1. The van der Waals surface area contributed by atoms with Crippen LogP contribution in [0.4, 0.5) is 8.78 Å². The fourth-order valence-corrected chi connectivity index (χ4v) is 3.56. The van der Waals surface area contributed by atoms with Crippen LogP contribution in [0.1, 0.15) is 71.1 Å². The van der Waals surface area contributed by atoms with Gasteiger partial charge in [-0.05, 0) is 38.0 Å². The molecule has 3 atom stereocenters. The number of ether oxygens (including phenoxy) is 1. The predicted molar refractivity (Wildman–Crippen MR) is 101 cm³/mol. The smallest absolute Gasteiger partial charge is 0.305 e. The zero-order valence-corrected chi connectivity index (χ0v) is 16.8. The molecule has 0 aliphatic heterocycles. The number of methoxy groups -OCH3 is 1. The Labute approximate surface area is 165 Å². The van der Waals surface area contributed by atoms with Gasteiger partial charge in [0.05, 0.1) is 13.2 Å². The molecule has 0 spiro atoms. The number of Topliss-reactive ketones (excluding diaryl/α,β-unsaturated/α-hetero) is 2. The van der Waals surface area contributed by atoms with Gasteiger partial charge in [0.25, 0.3) is 0 Å². The molecule has 0 aromatic rings. The van der Waals surface area contributed by atoms with Gasteiger partial charge in [0, 0.05) is 31.6 Å². The monoisotopic (exact) mass is 402 g/mol. The highest BCUT2D eigenvalue weighted by molar-refractivity contribution is 5.86. The number of aliphatic hydroxyl groups is 1. The van der Waals surface area contributed by atoms with Crippen LogP contribution >= 0.6 is 0 Å². The summed E-state index contributed by atoms with van der Waals surface area (Å²) in [7, 11) is 1.33. The summed E-state index contributed by atoms with van der Waals surface area (Å²) in [5.41, 5.74) is 0. The molecule has 7 heteroatoms. The van der Waals surface area contributed by atoms with E-state index in [1.54, 1.807) is 6.92 Å². The minimum Gasteiger partial charge on any atom is -0.469 e. The van der Waals surface area contributed by atoms with Crippen LogP contribution in [0.15, 0.2) is 12.2 Å². The quantitative estimate of drug-likeness (QED) is 0.286. The van der Waals surface area contributed by atoms with E-state index in [0.717, 1.165) is 0 Å². The molecule has 0 bridgehead atoms. The minimum atomic E-state index is -3.33. The van der Waals surface area contributed by atoms with Crippen molar-refractivity contribution in [2.75, 3.05) is 7.11 Å². The molecule has 2 unspecified atom stereocenters. The van der Waals surface area contributed by atoms with Gasteiger partial charge < -0.3 is 9.84 Å². The van der Waals surface area contributed by atoms with Crippen molar-refractivity contribution in [3.05, 3.63) is 12.2 Å². The molecule has 5 nitrogen and oxygen atoms in total. The molecular weight excluding hydrogens is 370 g/mol. The molecule has 1 aliphatic carbocycles. The number of hydrogen-bond acceptors (Lipinski definition) is 5. The number of esters is 1. The van der Waals surface area contributed by atoms with Crippen LogP contribution in [0.2, 0.25) is 0 Å². The summed E-state index contributed by atoms with van der Waals surface area (Å²) < 4.78 is 32.2. The molecule has 0 aromatic carbocycles. The number of hydrogen-bond donors (Lipinski definition) is 1. The predicted octanol–water partition coefficient (Wildman–Crippen LogP) is 4.02.